The minimum absolute atomic E-state index is 0.182. The normalized spacial score (nSPS) is 12.4. The lowest BCUT2D eigenvalue weighted by Gasteiger charge is -2.10. The Kier molecular flexibility index (Phi) is 7.69. The van der Waals surface area contributed by atoms with Crippen molar-refractivity contribution in [2.45, 2.75) is 43.4 Å². The van der Waals surface area contributed by atoms with Crippen molar-refractivity contribution in [3.63, 3.8) is 0 Å². The van der Waals surface area contributed by atoms with E-state index in [4.69, 9.17) is 5.14 Å². The van der Waals surface area contributed by atoms with Crippen molar-refractivity contribution in [3.05, 3.63) is 17.0 Å². The summed E-state index contributed by atoms with van der Waals surface area (Å²) in [6, 6.07) is 3.28. The summed E-state index contributed by atoms with van der Waals surface area (Å²) in [6.45, 7) is 3.59. The summed E-state index contributed by atoms with van der Waals surface area (Å²) in [7, 11) is -1.89. The Morgan fingerprint density at radius 3 is 2.62 bits per heavy atom. The second kappa shape index (κ2) is 9.01. The molecule has 0 aliphatic heterocycles. The third kappa shape index (κ3) is 6.92. The number of hydrogen-bond acceptors (Lipinski definition) is 4. The molecule has 4 N–H and O–H groups in total. The molecule has 0 spiro atoms. The number of sulfonamides is 1. The first-order chi connectivity index (χ1) is 9.97. The van der Waals surface area contributed by atoms with Crippen molar-refractivity contribution in [1.29, 1.82) is 0 Å². The molecule has 1 aromatic rings. The minimum Gasteiger partial charge on any atom is -0.356 e. The van der Waals surface area contributed by atoms with Crippen LogP contribution in [0.25, 0.3) is 0 Å². The van der Waals surface area contributed by atoms with E-state index in [-0.39, 0.29) is 4.21 Å². The first kappa shape index (κ1) is 17.9. The number of rotatable bonds is 8. The molecular formula is C13H24N4O2S2. The van der Waals surface area contributed by atoms with Crippen LogP contribution in [0.3, 0.4) is 0 Å². The van der Waals surface area contributed by atoms with E-state index >= 15 is 0 Å². The lowest BCUT2D eigenvalue weighted by molar-refractivity contribution is 0.600. The molecule has 0 amide bonds. The lowest BCUT2D eigenvalue weighted by Crippen LogP contribution is -2.37. The Morgan fingerprint density at radius 1 is 1.29 bits per heavy atom. The van der Waals surface area contributed by atoms with Crippen LogP contribution < -0.4 is 15.8 Å². The summed E-state index contributed by atoms with van der Waals surface area (Å²) in [6.07, 6.45) is 4.79. The zero-order chi connectivity index (χ0) is 15.7. The molecule has 0 aliphatic rings. The Hall–Kier alpha value is -1.12. The second-order valence-corrected chi connectivity index (χ2v) is 7.64. The highest BCUT2D eigenvalue weighted by molar-refractivity contribution is 7.91. The Labute approximate surface area is 130 Å². The van der Waals surface area contributed by atoms with Gasteiger partial charge in [-0.15, -0.1) is 11.3 Å². The lowest BCUT2D eigenvalue weighted by atomic mass is 10.2. The van der Waals surface area contributed by atoms with Crippen LogP contribution in [0, 0.1) is 0 Å². The number of nitrogens with two attached hydrogens (primary N) is 1. The monoisotopic (exact) mass is 332 g/mol. The molecule has 0 radical (unpaired) electrons. The topological polar surface area (TPSA) is 96.6 Å². The molecule has 1 rings (SSSR count). The summed E-state index contributed by atoms with van der Waals surface area (Å²) in [5.41, 5.74) is 0. The molecule has 0 aliphatic carbocycles. The molecule has 21 heavy (non-hydrogen) atoms. The van der Waals surface area contributed by atoms with E-state index in [0.29, 0.717) is 6.54 Å². The summed E-state index contributed by atoms with van der Waals surface area (Å²) in [5, 5.41) is 11.5. The molecule has 6 nitrogen and oxygen atoms in total. The van der Waals surface area contributed by atoms with Crippen molar-refractivity contribution < 1.29 is 8.42 Å². The highest BCUT2D eigenvalue weighted by atomic mass is 32.2. The van der Waals surface area contributed by atoms with Gasteiger partial charge in [0.25, 0.3) is 0 Å². The quantitative estimate of drug-likeness (QED) is 0.383. The molecule has 120 valence electrons. The van der Waals surface area contributed by atoms with E-state index in [0.717, 1.165) is 23.8 Å². The van der Waals surface area contributed by atoms with E-state index in [1.165, 1.54) is 36.7 Å². The standard InChI is InChI=1S/C13H24N4O2S2/c1-3-4-5-6-9-16-13(15-2)17-10-11-7-8-12(20-11)21(14,18)19/h7-8H,3-6,9-10H2,1-2H3,(H2,14,18,19)(H2,15,16,17). The van der Waals surface area contributed by atoms with Gasteiger partial charge in [-0.1, -0.05) is 26.2 Å². The van der Waals surface area contributed by atoms with Crippen LogP contribution in [-0.2, 0) is 16.6 Å². The van der Waals surface area contributed by atoms with E-state index in [9.17, 15) is 8.42 Å². The van der Waals surface area contributed by atoms with Gasteiger partial charge in [-0.05, 0) is 18.6 Å². The van der Waals surface area contributed by atoms with Gasteiger partial charge in [-0.2, -0.15) is 0 Å². The molecule has 0 saturated heterocycles. The summed E-state index contributed by atoms with van der Waals surface area (Å²) in [5.74, 6) is 0.719. The summed E-state index contributed by atoms with van der Waals surface area (Å²) < 4.78 is 22.6. The zero-order valence-corrected chi connectivity index (χ0v) is 14.2. The zero-order valence-electron chi connectivity index (χ0n) is 12.6. The fraction of sp³-hybridized carbons (Fsp3) is 0.615. The summed E-state index contributed by atoms with van der Waals surface area (Å²) >= 11 is 1.17. The predicted molar refractivity (Wildman–Crippen MR) is 88.0 cm³/mol. The Morgan fingerprint density at radius 2 is 2.05 bits per heavy atom. The first-order valence-electron chi connectivity index (χ1n) is 7.03. The number of unbranched alkanes of at least 4 members (excludes halogenated alkanes) is 3. The Bertz CT molecular complexity index is 552. The maximum atomic E-state index is 11.2. The molecule has 0 unspecified atom stereocenters. The van der Waals surface area contributed by atoms with Gasteiger partial charge in [0.2, 0.25) is 10.0 Å². The highest BCUT2D eigenvalue weighted by Crippen LogP contribution is 2.19. The van der Waals surface area contributed by atoms with E-state index < -0.39 is 10.0 Å². The van der Waals surface area contributed by atoms with Crippen LogP contribution in [0.4, 0.5) is 0 Å². The number of primary sulfonamides is 1. The number of guanidine groups is 1. The Balaban J connectivity index is 2.37. The van der Waals surface area contributed by atoms with Gasteiger partial charge in [0.05, 0.1) is 6.54 Å². The molecule has 0 aromatic carbocycles. The number of thiophene rings is 1. The molecule has 1 aromatic heterocycles. The predicted octanol–water partition coefficient (Wildman–Crippen LogP) is 1.64. The molecule has 0 fully saturated rings. The molecule has 1 heterocycles. The van der Waals surface area contributed by atoms with Crippen LogP contribution in [0.1, 0.15) is 37.5 Å². The van der Waals surface area contributed by atoms with Gasteiger partial charge >= 0.3 is 0 Å². The van der Waals surface area contributed by atoms with Crippen molar-refractivity contribution in [1.82, 2.24) is 10.6 Å². The number of nitrogens with zero attached hydrogens (tertiary/aromatic N) is 1. The highest BCUT2D eigenvalue weighted by Gasteiger charge is 2.11. The van der Waals surface area contributed by atoms with Crippen LogP contribution >= 0.6 is 11.3 Å². The van der Waals surface area contributed by atoms with Gasteiger partial charge < -0.3 is 10.6 Å². The number of hydrogen-bond donors (Lipinski definition) is 3. The minimum atomic E-state index is -3.60. The van der Waals surface area contributed by atoms with Crippen molar-refractivity contribution in [2.75, 3.05) is 13.6 Å². The van der Waals surface area contributed by atoms with Crippen molar-refractivity contribution >= 4 is 27.3 Å². The maximum Gasteiger partial charge on any atom is 0.247 e. The fourth-order valence-electron chi connectivity index (χ4n) is 1.76. The molecule has 0 bridgehead atoms. The van der Waals surface area contributed by atoms with Gasteiger partial charge in [0, 0.05) is 18.5 Å². The average molecular weight is 332 g/mol. The van der Waals surface area contributed by atoms with Crippen LogP contribution in [0.5, 0.6) is 0 Å². The van der Waals surface area contributed by atoms with Gasteiger partial charge in [0.1, 0.15) is 4.21 Å². The number of nitrogens with one attached hydrogen (secondary N) is 2. The second-order valence-electron chi connectivity index (χ2n) is 4.68. The van der Waals surface area contributed by atoms with E-state index in [1.54, 1.807) is 13.1 Å². The van der Waals surface area contributed by atoms with Crippen LogP contribution in [0.2, 0.25) is 0 Å². The van der Waals surface area contributed by atoms with Crippen LogP contribution in [0.15, 0.2) is 21.3 Å². The fourth-order valence-corrected chi connectivity index (χ4v) is 3.47. The largest absolute Gasteiger partial charge is 0.356 e. The summed E-state index contributed by atoms with van der Waals surface area (Å²) in [4.78, 5) is 5.03. The average Bonchev–Trinajstić information content (AvgIpc) is 2.91. The van der Waals surface area contributed by atoms with Gasteiger partial charge in [-0.3, -0.25) is 4.99 Å². The van der Waals surface area contributed by atoms with Crippen LogP contribution in [-0.4, -0.2) is 28.0 Å². The van der Waals surface area contributed by atoms with E-state index in [1.807, 2.05) is 0 Å². The van der Waals surface area contributed by atoms with Crippen molar-refractivity contribution in [2.24, 2.45) is 10.1 Å². The maximum absolute atomic E-state index is 11.2. The molecule has 0 atom stereocenters. The van der Waals surface area contributed by atoms with E-state index in [2.05, 4.69) is 22.5 Å². The van der Waals surface area contributed by atoms with Gasteiger partial charge in [-0.25, -0.2) is 13.6 Å². The first-order valence-corrected chi connectivity index (χ1v) is 9.39. The van der Waals surface area contributed by atoms with Crippen molar-refractivity contribution in [3.8, 4) is 0 Å². The third-order valence-corrected chi connectivity index (χ3v) is 5.42. The smallest absolute Gasteiger partial charge is 0.247 e. The third-order valence-electron chi connectivity index (χ3n) is 2.89. The SMILES string of the molecule is CCCCCCNC(=NC)NCc1ccc(S(N)(=O)=O)s1. The molecular weight excluding hydrogens is 308 g/mol. The number of aliphatic imine (C=N–C) groups is 1. The molecule has 0 saturated carbocycles. The molecule has 8 heteroatoms. The van der Waals surface area contributed by atoms with Gasteiger partial charge in [0.15, 0.2) is 5.96 Å².